The summed E-state index contributed by atoms with van der Waals surface area (Å²) < 4.78 is 27.2. The predicted octanol–water partition coefficient (Wildman–Crippen LogP) is 3.04. The van der Waals surface area contributed by atoms with Crippen molar-refractivity contribution in [1.29, 1.82) is 0 Å². The fourth-order valence-corrected chi connectivity index (χ4v) is 4.33. The van der Waals surface area contributed by atoms with Gasteiger partial charge in [0.25, 0.3) is 0 Å². The van der Waals surface area contributed by atoms with Crippen LogP contribution in [0.3, 0.4) is 0 Å². The summed E-state index contributed by atoms with van der Waals surface area (Å²) in [7, 11) is 0. The molecule has 8 heteroatoms. The number of nitrogens with zero attached hydrogens (tertiary/aromatic N) is 2. The molecule has 0 bridgehead atoms. The molecule has 0 saturated carbocycles. The van der Waals surface area contributed by atoms with E-state index in [9.17, 15) is 13.6 Å². The summed E-state index contributed by atoms with van der Waals surface area (Å²) >= 11 is 6.40. The second-order valence-corrected chi connectivity index (χ2v) is 7.23. The largest absolute Gasteiger partial charge is 0.369 e. The van der Waals surface area contributed by atoms with Crippen LogP contribution >= 0.6 is 11.6 Å². The van der Waals surface area contributed by atoms with Crippen molar-refractivity contribution >= 4 is 29.0 Å². The molecule has 1 aromatic carbocycles. The Hall–Kier alpha value is -2.25. The van der Waals surface area contributed by atoms with Gasteiger partial charge in [0.1, 0.15) is 5.82 Å². The molecule has 1 saturated heterocycles. The van der Waals surface area contributed by atoms with E-state index in [1.807, 2.05) is 18.2 Å². The fourth-order valence-electron chi connectivity index (χ4n) is 4.00. The molecular formula is C19H19ClF2N4O. The normalized spacial score (nSPS) is 22.1. The van der Waals surface area contributed by atoms with Gasteiger partial charge in [-0.05, 0) is 23.8 Å². The number of pyridine rings is 1. The van der Waals surface area contributed by atoms with Crippen LogP contribution in [0.4, 0.5) is 20.3 Å². The molecule has 27 heavy (non-hydrogen) atoms. The average Bonchev–Trinajstić information content (AvgIpc) is 3.03. The summed E-state index contributed by atoms with van der Waals surface area (Å²) in [5.41, 5.74) is 1.01. The maximum Gasteiger partial charge on any atom is 0.240 e. The number of nitrogens with one attached hydrogen (secondary N) is 2. The number of anilines is 2. The molecule has 0 radical (unpaired) electrons. The summed E-state index contributed by atoms with van der Waals surface area (Å²) in [6, 6.07) is 8.90. The number of alkyl halides is 2. The first-order valence-electron chi connectivity index (χ1n) is 8.80. The van der Waals surface area contributed by atoms with E-state index in [1.54, 1.807) is 23.2 Å². The number of amides is 1. The molecule has 2 aliphatic rings. The lowest BCUT2D eigenvalue weighted by atomic mass is 9.74. The first kappa shape index (κ1) is 18.1. The van der Waals surface area contributed by atoms with E-state index in [2.05, 4.69) is 15.6 Å². The predicted molar refractivity (Wildman–Crippen MR) is 101 cm³/mol. The molecule has 0 spiro atoms. The molecule has 2 aromatic rings. The van der Waals surface area contributed by atoms with Crippen LogP contribution in [0.1, 0.15) is 17.5 Å². The fraction of sp³-hybridized carbons (Fsp3) is 0.368. The summed E-state index contributed by atoms with van der Waals surface area (Å²) in [6.45, 7) is 1.79. The van der Waals surface area contributed by atoms with E-state index in [0.29, 0.717) is 40.7 Å². The highest BCUT2D eigenvalue weighted by Gasteiger charge is 2.45. The smallest absolute Gasteiger partial charge is 0.240 e. The Morgan fingerprint density at radius 2 is 2.19 bits per heavy atom. The number of aromatic nitrogens is 1. The maximum atomic E-state index is 13.6. The molecule has 1 aromatic heterocycles. The SMILES string of the molecule is O=C1CNCCN1c1cccc(C2(CC(F)F)CNc3nccc(Cl)c32)c1. The molecule has 1 amide bonds. The van der Waals surface area contributed by atoms with Gasteiger partial charge in [-0.3, -0.25) is 4.79 Å². The minimum Gasteiger partial charge on any atom is -0.369 e. The van der Waals surface area contributed by atoms with E-state index < -0.39 is 11.8 Å². The van der Waals surface area contributed by atoms with Crippen LogP contribution < -0.4 is 15.5 Å². The van der Waals surface area contributed by atoms with Crippen molar-refractivity contribution in [3.63, 3.8) is 0 Å². The minimum absolute atomic E-state index is 0.0362. The Kier molecular flexibility index (Phi) is 4.74. The highest BCUT2D eigenvalue weighted by Crippen LogP contribution is 2.48. The molecule has 142 valence electrons. The Balaban J connectivity index is 1.82. The number of hydrogen-bond acceptors (Lipinski definition) is 4. The second kappa shape index (κ2) is 7.05. The van der Waals surface area contributed by atoms with Gasteiger partial charge >= 0.3 is 0 Å². The van der Waals surface area contributed by atoms with Gasteiger partial charge in [0.15, 0.2) is 0 Å². The van der Waals surface area contributed by atoms with Gasteiger partial charge in [-0.25, -0.2) is 13.8 Å². The first-order chi connectivity index (χ1) is 13.0. The number of piperazine rings is 1. The lowest BCUT2D eigenvalue weighted by Gasteiger charge is -2.32. The summed E-state index contributed by atoms with van der Waals surface area (Å²) in [4.78, 5) is 18.2. The zero-order valence-corrected chi connectivity index (χ0v) is 15.3. The van der Waals surface area contributed by atoms with Crippen molar-refractivity contribution < 1.29 is 13.6 Å². The van der Waals surface area contributed by atoms with Gasteiger partial charge in [0.2, 0.25) is 12.3 Å². The van der Waals surface area contributed by atoms with Gasteiger partial charge in [0, 0.05) is 53.9 Å². The molecule has 2 N–H and O–H groups in total. The Labute approximate surface area is 160 Å². The van der Waals surface area contributed by atoms with E-state index >= 15 is 0 Å². The van der Waals surface area contributed by atoms with Gasteiger partial charge < -0.3 is 15.5 Å². The van der Waals surface area contributed by atoms with Crippen LogP contribution in [0, 0.1) is 0 Å². The van der Waals surface area contributed by atoms with Crippen molar-refractivity contribution in [2.45, 2.75) is 18.3 Å². The molecule has 2 aliphatic heterocycles. The summed E-state index contributed by atoms with van der Waals surface area (Å²) in [5.74, 6) is 0.498. The third-order valence-corrected chi connectivity index (χ3v) is 5.55. The van der Waals surface area contributed by atoms with Crippen LogP contribution in [0.15, 0.2) is 36.5 Å². The van der Waals surface area contributed by atoms with Gasteiger partial charge in [-0.1, -0.05) is 23.7 Å². The van der Waals surface area contributed by atoms with Gasteiger partial charge in [-0.15, -0.1) is 0 Å². The van der Waals surface area contributed by atoms with Crippen LogP contribution in [0.25, 0.3) is 0 Å². The van der Waals surface area contributed by atoms with E-state index in [4.69, 9.17) is 11.6 Å². The number of halogens is 3. The minimum atomic E-state index is -2.52. The second-order valence-electron chi connectivity index (χ2n) is 6.82. The number of fused-ring (bicyclic) bond motifs is 1. The van der Waals surface area contributed by atoms with Crippen LogP contribution in [0.2, 0.25) is 5.02 Å². The third-order valence-electron chi connectivity index (χ3n) is 5.24. The Morgan fingerprint density at radius 3 is 2.96 bits per heavy atom. The molecule has 1 atom stereocenters. The number of benzene rings is 1. The van der Waals surface area contributed by atoms with Crippen LogP contribution in [-0.2, 0) is 10.2 Å². The molecule has 5 nitrogen and oxygen atoms in total. The Bertz CT molecular complexity index is 879. The zero-order chi connectivity index (χ0) is 19.0. The zero-order valence-electron chi connectivity index (χ0n) is 14.5. The summed E-state index contributed by atoms with van der Waals surface area (Å²) in [5, 5.41) is 6.57. The number of rotatable bonds is 4. The quantitative estimate of drug-likeness (QED) is 0.839. The lowest BCUT2D eigenvalue weighted by Crippen LogP contribution is -2.48. The van der Waals surface area contributed by atoms with Crippen molar-refractivity contribution in [3.8, 4) is 0 Å². The molecule has 0 aliphatic carbocycles. The van der Waals surface area contributed by atoms with Gasteiger partial charge in [0.05, 0.1) is 6.54 Å². The molecule has 1 fully saturated rings. The first-order valence-corrected chi connectivity index (χ1v) is 9.18. The van der Waals surface area contributed by atoms with Crippen molar-refractivity contribution in [2.24, 2.45) is 0 Å². The summed E-state index contributed by atoms with van der Waals surface area (Å²) in [6.07, 6.45) is -1.33. The average molecular weight is 393 g/mol. The molecule has 4 rings (SSSR count). The van der Waals surface area contributed by atoms with Crippen molar-refractivity contribution in [2.75, 3.05) is 36.4 Å². The standard InChI is InChI=1S/C19H19ClF2N4O/c20-14-4-5-24-18-17(14)19(11-25-18,9-15(21)22)12-2-1-3-13(8-12)26-7-6-23-10-16(26)27/h1-5,8,15,23H,6-7,9-11H2,(H,24,25). The lowest BCUT2D eigenvalue weighted by molar-refractivity contribution is -0.118. The molecular weight excluding hydrogens is 374 g/mol. The number of carbonyl (C=O) groups excluding carboxylic acids is 1. The van der Waals surface area contributed by atoms with E-state index in [0.717, 1.165) is 0 Å². The topological polar surface area (TPSA) is 57.3 Å². The number of hydrogen-bond donors (Lipinski definition) is 2. The monoisotopic (exact) mass is 392 g/mol. The van der Waals surface area contributed by atoms with E-state index in [-0.39, 0.29) is 25.4 Å². The van der Waals surface area contributed by atoms with Crippen molar-refractivity contribution in [3.05, 3.63) is 52.7 Å². The highest BCUT2D eigenvalue weighted by atomic mass is 35.5. The van der Waals surface area contributed by atoms with Crippen LogP contribution in [0.5, 0.6) is 0 Å². The highest BCUT2D eigenvalue weighted by molar-refractivity contribution is 6.32. The van der Waals surface area contributed by atoms with Crippen LogP contribution in [-0.4, -0.2) is 43.5 Å². The number of carbonyl (C=O) groups is 1. The third kappa shape index (κ3) is 3.15. The van der Waals surface area contributed by atoms with E-state index in [1.165, 1.54) is 0 Å². The molecule has 3 heterocycles. The molecule has 1 unspecified atom stereocenters. The Morgan fingerprint density at radius 1 is 1.33 bits per heavy atom. The maximum absolute atomic E-state index is 13.6. The van der Waals surface area contributed by atoms with Crippen molar-refractivity contribution in [1.82, 2.24) is 10.3 Å². The van der Waals surface area contributed by atoms with Gasteiger partial charge in [-0.2, -0.15) is 0 Å².